The third-order valence-electron chi connectivity index (χ3n) is 3.42. The molecule has 0 bridgehead atoms. The van der Waals surface area contributed by atoms with Gasteiger partial charge in [0.15, 0.2) is 0 Å². The second-order valence-corrected chi connectivity index (χ2v) is 5.64. The predicted molar refractivity (Wildman–Crippen MR) is 96.3 cm³/mol. The molecule has 0 saturated carbocycles. The summed E-state index contributed by atoms with van der Waals surface area (Å²) in [7, 11) is 0. The highest BCUT2D eigenvalue weighted by Gasteiger charge is 2.09. The molecular weight excluding hydrogens is 335 g/mol. The van der Waals surface area contributed by atoms with E-state index in [-0.39, 0.29) is 11.7 Å². The highest BCUT2D eigenvalue weighted by atomic mass is 19.1. The van der Waals surface area contributed by atoms with Crippen molar-refractivity contribution in [3.8, 4) is 11.5 Å². The van der Waals surface area contributed by atoms with E-state index in [0.717, 1.165) is 12.0 Å². The molecule has 0 aliphatic rings. The number of aromatic nitrogens is 2. The largest absolute Gasteiger partial charge is 0.421 e. The lowest BCUT2D eigenvalue weighted by Gasteiger charge is -2.00. The van der Waals surface area contributed by atoms with Crippen molar-refractivity contribution in [2.75, 3.05) is 0 Å². The maximum absolute atomic E-state index is 13.2. The lowest BCUT2D eigenvalue weighted by Crippen LogP contribution is -2.01. The fourth-order valence-corrected chi connectivity index (χ4v) is 2.19. The smallest absolute Gasteiger partial charge is 0.247 e. The van der Waals surface area contributed by atoms with Gasteiger partial charge in [-0.1, -0.05) is 30.3 Å². The van der Waals surface area contributed by atoms with Crippen LogP contribution in [0.1, 0.15) is 23.9 Å². The van der Waals surface area contributed by atoms with Gasteiger partial charge in [0, 0.05) is 25.5 Å². The second-order valence-electron chi connectivity index (χ2n) is 5.64. The Bertz CT molecular complexity index is 843. The molecule has 136 valence electrons. The van der Waals surface area contributed by atoms with Crippen molar-refractivity contribution in [3.05, 3.63) is 71.4 Å². The number of nitrogens with two attached hydrogens (primary N) is 2. The molecule has 0 saturated heterocycles. The van der Waals surface area contributed by atoms with Crippen LogP contribution in [0.3, 0.4) is 0 Å². The molecule has 1 heterocycles. The van der Waals surface area contributed by atoms with E-state index in [9.17, 15) is 9.18 Å². The minimum atomic E-state index is -0.333. The molecule has 6 nitrogen and oxygen atoms in total. The van der Waals surface area contributed by atoms with E-state index in [1.165, 1.54) is 24.6 Å². The SMILES string of the molecule is CC(N)=O.NCc1ccc(CCc2nnc(-c3cccc(F)c3)o2)cc1. The summed E-state index contributed by atoms with van der Waals surface area (Å²) in [4.78, 5) is 9.22. The number of nitrogens with zero attached hydrogens (tertiary/aromatic N) is 2. The van der Waals surface area contributed by atoms with Crippen molar-refractivity contribution in [2.45, 2.75) is 26.3 Å². The second kappa shape index (κ2) is 9.43. The first-order valence-corrected chi connectivity index (χ1v) is 8.10. The van der Waals surface area contributed by atoms with Gasteiger partial charge in [0.2, 0.25) is 17.7 Å². The normalized spacial score (nSPS) is 10.1. The number of hydrogen-bond donors (Lipinski definition) is 2. The van der Waals surface area contributed by atoms with Crippen LogP contribution in [0, 0.1) is 5.82 Å². The summed E-state index contributed by atoms with van der Waals surface area (Å²) < 4.78 is 18.8. The van der Waals surface area contributed by atoms with Crippen molar-refractivity contribution in [3.63, 3.8) is 0 Å². The van der Waals surface area contributed by atoms with Crippen LogP contribution >= 0.6 is 0 Å². The average molecular weight is 356 g/mol. The number of benzene rings is 2. The Kier molecular flexibility index (Phi) is 6.99. The lowest BCUT2D eigenvalue weighted by atomic mass is 10.1. The molecule has 0 aliphatic carbocycles. The van der Waals surface area contributed by atoms with Gasteiger partial charge < -0.3 is 15.9 Å². The minimum Gasteiger partial charge on any atom is -0.421 e. The monoisotopic (exact) mass is 356 g/mol. The molecule has 0 atom stereocenters. The van der Waals surface area contributed by atoms with Crippen LogP contribution < -0.4 is 11.5 Å². The zero-order chi connectivity index (χ0) is 18.9. The average Bonchev–Trinajstić information content (AvgIpc) is 3.09. The number of carbonyl (C=O) groups excluding carboxylic acids is 1. The summed E-state index contributed by atoms with van der Waals surface area (Å²) in [6, 6.07) is 14.2. The lowest BCUT2D eigenvalue weighted by molar-refractivity contribution is -0.115. The summed E-state index contributed by atoms with van der Waals surface area (Å²) in [6.45, 7) is 1.85. The zero-order valence-electron chi connectivity index (χ0n) is 14.5. The van der Waals surface area contributed by atoms with Crippen LogP contribution in [0.4, 0.5) is 4.39 Å². The molecule has 7 heteroatoms. The van der Waals surface area contributed by atoms with Gasteiger partial charge in [-0.2, -0.15) is 0 Å². The Morgan fingerprint density at radius 2 is 1.73 bits per heavy atom. The van der Waals surface area contributed by atoms with Crippen molar-refractivity contribution in [2.24, 2.45) is 11.5 Å². The minimum absolute atomic E-state index is 0.322. The van der Waals surface area contributed by atoms with Crippen LogP contribution in [-0.4, -0.2) is 16.1 Å². The number of aryl methyl sites for hydroxylation is 2. The van der Waals surface area contributed by atoms with E-state index in [4.69, 9.17) is 10.2 Å². The summed E-state index contributed by atoms with van der Waals surface area (Å²) in [5.74, 6) is 0.229. The maximum atomic E-state index is 13.2. The van der Waals surface area contributed by atoms with Crippen LogP contribution in [0.15, 0.2) is 52.9 Å². The van der Waals surface area contributed by atoms with Crippen LogP contribution in [0.25, 0.3) is 11.5 Å². The summed E-state index contributed by atoms with van der Waals surface area (Å²) >= 11 is 0. The molecule has 0 spiro atoms. The highest BCUT2D eigenvalue weighted by molar-refractivity contribution is 5.70. The number of primary amides is 1. The standard InChI is InChI=1S/C17H16FN3O.C2H5NO/c18-15-3-1-2-14(10-15)17-21-20-16(22-17)9-8-12-4-6-13(11-19)7-5-12;1-2(3)4/h1-7,10H,8-9,11,19H2;1H3,(H2,3,4). The first-order chi connectivity index (χ1) is 12.5. The highest BCUT2D eigenvalue weighted by Crippen LogP contribution is 2.19. The van der Waals surface area contributed by atoms with Crippen LogP contribution in [-0.2, 0) is 24.2 Å². The van der Waals surface area contributed by atoms with E-state index in [1.54, 1.807) is 12.1 Å². The predicted octanol–water partition coefficient (Wildman–Crippen LogP) is 2.61. The third kappa shape index (κ3) is 6.10. The molecular formula is C19H21FN4O2. The molecule has 2 aromatic carbocycles. The molecule has 26 heavy (non-hydrogen) atoms. The number of amides is 1. The number of halogens is 1. The van der Waals surface area contributed by atoms with E-state index < -0.39 is 0 Å². The quantitative estimate of drug-likeness (QED) is 0.730. The van der Waals surface area contributed by atoms with Crippen molar-refractivity contribution >= 4 is 5.91 Å². The van der Waals surface area contributed by atoms with Crippen LogP contribution in [0.2, 0.25) is 0 Å². The molecule has 0 fully saturated rings. The van der Waals surface area contributed by atoms with Gasteiger partial charge in [-0.25, -0.2) is 4.39 Å². The summed E-state index contributed by atoms with van der Waals surface area (Å²) in [5, 5.41) is 7.98. The Morgan fingerprint density at radius 3 is 2.35 bits per heavy atom. The van der Waals surface area contributed by atoms with Gasteiger partial charge in [-0.3, -0.25) is 4.79 Å². The summed E-state index contributed by atoms with van der Waals surface area (Å²) in [6.07, 6.45) is 1.44. The van der Waals surface area contributed by atoms with E-state index >= 15 is 0 Å². The van der Waals surface area contributed by atoms with E-state index in [2.05, 4.69) is 15.9 Å². The molecule has 1 aromatic heterocycles. The van der Waals surface area contributed by atoms with E-state index in [1.807, 2.05) is 24.3 Å². The topological polar surface area (TPSA) is 108 Å². The van der Waals surface area contributed by atoms with Crippen molar-refractivity contribution < 1.29 is 13.6 Å². The van der Waals surface area contributed by atoms with Crippen molar-refractivity contribution in [1.29, 1.82) is 0 Å². The Hall–Kier alpha value is -3.06. The van der Waals surface area contributed by atoms with Gasteiger partial charge in [-0.15, -0.1) is 10.2 Å². The number of carbonyl (C=O) groups is 1. The Balaban J connectivity index is 0.000000552. The fourth-order valence-electron chi connectivity index (χ4n) is 2.19. The van der Waals surface area contributed by atoms with Gasteiger partial charge in [-0.05, 0) is 35.7 Å². The molecule has 3 rings (SSSR count). The molecule has 3 aromatic rings. The third-order valence-corrected chi connectivity index (χ3v) is 3.42. The first-order valence-electron chi connectivity index (χ1n) is 8.10. The number of hydrogen-bond acceptors (Lipinski definition) is 5. The van der Waals surface area contributed by atoms with Crippen molar-refractivity contribution in [1.82, 2.24) is 10.2 Å². The van der Waals surface area contributed by atoms with Gasteiger partial charge in [0.25, 0.3) is 0 Å². The Labute approximate surface area is 151 Å². The molecule has 0 radical (unpaired) electrons. The molecule has 0 aliphatic heterocycles. The van der Waals surface area contributed by atoms with Gasteiger partial charge in [0.05, 0.1) is 0 Å². The Morgan fingerprint density at radius 1 is 1.08 bits per heavy atom. The molecule has 0 unspecified atom stereocenters. The number of rotatable bonds is 5. The van der Waals surface area contributed by atoms with Gasteiger partial charge >= 0.3 is 0 Å². The molecule has 1 amide bonds. The zero-order valence-corrected chi connectivity index (χ0v) is 14.5. The fraction of sp³-hybridized carbons (Fsp3) is 0.211. The first kappa shape index (κ1) is 19.3. The van der Waals surface area contributed by atoms with E-state index in [0.29, 0.717) is 30.3 Å². The molecule has 4 N–H and O–H groups in total. The van der Waals surface area contributed by atoms with Gasteiger partial charge in [0.1, 0.15) is 5.82 Å². The summed E-state index contributed by atoms with van der Waals surface area (Å²) in [5.41, 5.74) is 12.9. The maximum Gasteiger partial charge on any atom is 0.247 e. The van der Waals surface area contributed by atoms with Crippen LogP contribution in [0.5, 0.6) is 0 Å².